The summed E-state index contributed by atoms with van der Waals surface area (Å²) in [4.78, 5) is 0. The predicted octanol–water partition coefficient (Wildman–Crippen LogP) is 2.67. The van der Waals surface area contributed by atoms with Gasteiger partial charge in [-0.25, -0.2) is 14.4 Å². The van der Waals surface area contributed by atoms with E-state index in [9.17, 15) is 4.57 Å². The summed E-state index contributed by atoms with van der Waals surface area (Å²) in [6.45, 7) is 9.44. The third-order valence-electron chi connectivity index (χ3n) is 3.86. The Hall–Kier alpha value is 0.110. The molecule has 2 aliphatic heterocycles. The summed E-state index contributed by atoms with van der Waals surface area (Å²) >= 11 is 0. The molecule has 0 radical (unpaired) electrons. The Kier molecular flexibility index (Phi) is 4.30. The molecule has 0 spiro atoms. The van der Waals surface area contributed by atoms with E-state index in [4.69, 9.17) is 0 Å². The van der Waals surface area contributed by atoms with Crippen molar-refractivity contribution in [1.29, 1.82) is 0 Å². The van der Waals surface area contributed by atoms with Crippen LogP contribution in [-0.4, -0.2) is 41.1 Å². The first-order chi connectivity index (χ1) is 8.17. The van der Waals surface area contributed by atoms with Crippen LogP contribution in [0.2, 0.25) is 0 Å². The normalized spacial score (nSPS) is 38.8. The molecule has 4 atom stereocenters. The second kappa shape index (κ2) is 5.40. The molecule has 2 fully saturated rings. The summed E-state index contributed by atoms with van der Waals surface area (Å²) in [7, 11) is -2.40. The molecule has 2 saturated heterocycles. The topological polar surface area (TPSA) is 35.1 Å². The van der Waals surface area contributed by atoms with E-state index in [-0.39, 0.29) is 0 Å². The fourth-order valence-corrected chi connectivity index (χ4v) is 5.55. The lowest BCUT2D eigenvalue weighted by molar-refractivity contribution is 0.480. The highest BCUT2D eigenvalue weighted by Gasteiger charge is 2.56. The van der Waals surface area contributed by atoms with Gasteiger partial charge < -0.3 is 0 Å². The molecule has 5 heteroatoms. The lowest BCUT2D eigenvalue weighted by Crippen LogP contribution is -2.24. The van der Waals surface area contributed by atoms with Crippen LogP contribution in [0.15, 0.2) is 0 Å². The average Bonchev–Trinajstić information content (AvgIpc) is 3.20. The van der Waals surface area contributed by atoms with Crippen LogP contribution < -0.4 is 5.09 Å². The molecule has 4 nitrogen and oxygen atoms in total. The van der Waals surface area contributed by atoms with Crippen LogP contribution in [0.1, 0.15) is 46.5 Å². The van der Waals surface area contributed by atoms with Gasteiger partial charge in [-0.05, 0) is 19.3 Å². The van der Waals surface area contributed by atoms with Crippen LogP contribution in [0.4, 0.5) is 0 Å². The fourth-order valence-electron chi connectivity index (χ4n) is 2.41. The largest absolute Gasteiger partial charge is 0.284 e. The van der Waals surface area contributed by atoms with E-state index in [2.05, 4.69) is 35.2 Å². The van der Waals surface area contributed by atoms with Crippen molar-refractivity contribution in [2.75, 3.05) is 19.6 Å². The zero-order valence-electron chi connectivity index (χ0n) is 11.4. The van der Waals surface area contributed by atoms with E-state index >= 15 is 0 Å². The fraction of sp³-hybridized carbons (Fsp3) is 1.00. The molecule has 0 aromatic carbocycles. The third-order valence-corrected chi connectivity index (χ3v) is 6.87. The lowest BCUT2D eigenvalue weighted by atomic mass is 10.3. The van der Waals surface area contributed by atoms with E-state index in [1.54, 1.807) is 0 Å². The molecule has 0 bridgehead atoms. The molecule has 0 aromatic rings. The van der Waals surface area contributed by atoms with Crippen molar-refractivity contribution in [3.8, 4) is 0 Å². The first kappa shape index (κ1) is 13.5. The van der Waals surface area contributed by atoms with Crippen LogP contribution in [0.25, 0.3) is 0 Å². The Morgan fingerprint density at radius 3 is 2.00 bits per heavy atom. The average molecular weight is 259 g/mol. The van der Waals surface area contributed by atoms with Crippen LogP contribution in [0.5, 0.6) is 0 Å². The lowest BCUT2D eigenvalue weighted by Gasteiger charge is -2.23. The van der Waals surface area contributed by atoms with Crippen molar-refractivity contribution >= 4 is 7.59 Å². The van der Waals surface area contributed by atoms with Gasteiger partial charge in [0, 0.05) is 31.7 Å². The molecule has 4 unspecified atom stereocenters. The van der Waals surface area contributed by atoms with E-state index in [1.807, 2.05) is 0 Å². The van der Waals surface area contributed by atoms with Crippen LogP contribution in [-0.2, 0) is 4.57 Å². The van der Waals surface area contributed by atoms with E-state index in [0.29, 0.717) is 12.1 Å². The quantitative estimate of drug-likeness (QED) is 0.413. The number of nitrogens with one attached hydrogen (secondary N) is 1. The zero-order valence-corrected chi connectivity index (χ0v) is 12.2. The summed E-state index contributed by atoms with van der Waals surface area (Å²) in [5.74, 6) is 0. The maximum absolute atomic E-state index is 13.1. The van der Waals surface area contributed by atoms with E-state index < -0.39 is 7.59 Å². The van der Waals surface area contributed by atoms with Gasteiger partial charge in [0.15, 0.2) is 0 Å². The molecule has 2 aliphatic rings. The molecular weight excluding hydrogens is 233 g/mol. The molecule has 100 valence electrons. The van der Waals surface area contributed by atoms with Gasteiger partial charge in [0.05, 0.1) is 0 Å². The van der Waals surface area contributed by atoms with Gasteiger partial charge in [0.2, 0.25) is 0 Å². The molecule has 0 aliphatic carbocycles. The Bertz CT molecular complexity index is 288. The van der Waals surface area contributed by atoms with Crippen LogP contribution in [0.3, 0.4) is 0 Å². The maximum Gasteiger partial charge on any atom is 0.284 e. The number of unbranched alkanes of at least 4 members (excludes halogenated alkanes) is 1. The molecule has 0 amide bonds. The van der Waals surface area contributed by atoms with Gasteiger partial charge >= 0.3 is 0 Å². The third kappa shape index (κ3) is 2.76. The number of nitrogens with zero attached hydrogens (tertiary/aromatic N) is 2. The second-order valence-corrected chi connectivity index (χ2v) is 7.61. The van der Waals surface area contributed by atoms with Crippen molar-refractivity contribution in [2.45, 2.75) is 58.5 Å². The van der Waals surface area contributed by atoms with Gasteiger partial charge in [-0.3, -0.25) is 4.57 Å². The minimum absolute atomic E-state index is 0.549. The molecule has 1 N–H and O–H groups in total. The molecule has 2 rings (SSSR count). The van der Waals surface area contributed by atoms with Crippen LogP contribution >= 0.6 is 7.59 Å². The Balaban J connectivity index is 1.95. The Labute approximate surface area is 105 Å². The monoisotopic (exact) mass is 259 g/mol. The van der Waals surface area contributed by atoms with Gasteiger partial charge in [0.1, 0.15) is 0 Å². The summed E-state index contributed by atoms with van der Waals surface area (Å²) in [6.07, 6.45) is 4.49. The highest BCUT2D eigenvalue weighted by molar-refractivity contribution is 7.57. The van der Waals surface area contributed by atoms with Crippen molar-refractivity contribution in [2.24, 2.45) is 0 Å². The standard InChI is InChI=1S/C12H26N3OP/c1-4-7-8-13-17(16,14-9-11(14)5-2)15-10-12(15)6-3/h11-12H,4-10H2,1-3H3,(H,13,16). The van der Waals surface area contributed by atoms with Crippen molar-refractivity contribution in [3.05, 3.63) is 0 Å². The zero-order chi connectivity index (χ0) is 12.5. The highest BCUT2D eigenvalue weighted by atomic mass is 31.2. The van der Waals surface area contributed by atoms with E-state index in [1.165, 1.54) is 0 Å². The minimum Gasteiger partial charge on any atom is -0.270 e. The smallest absolute Gasteiger partial charge is 0.270 e. The van der Waals surface area contributed by atoms with Crippen molar-refractivity contribution in [3.63, 3.8) is 0 Å². The van der Waals surface area contributed by atoms with Gasteiger partial charge in [-0.1, -0.05) is 27.2 Å². The van der Waals surface area contributed by atoms with E-state index in [0.717, 1.165) is 45.3 Å². The summed E-state index contributed by atoms with van der Waals surface area (Å²) in [6, 6.07) is 1.10. The Morgan fingerprint density at radius 2 is 1.65 bits per heavy atom. The van der Waals surface area contributed by atoms with Gasteiger partial charge in [-0.15, -0.1) is 0 Å². The Morgan fingerprint density at radius 1 is 1.12 bits per heavy atom. The molecular formula is C12H26N3OP. The number of hydrogen-bond donors (Lipinski definition) is 1. The first-order valence-electron chi connectivity index (χ1n) is 7.06. The van der Waals surface area contributed by atoms with Crippen LogP contribution in [0, 0.1) is 0 Å². The minimum atomic E-state index is -2.40. The molecule has 2 heterocycles. The first-order valence-corrected chi connectivity index (χ1v) is 8.68. The number of rotatable bonds is 8. The predicted molar refractivity (Wildman–Crippen MR) is 72.1 cm³/mol. The summed E-state index contributed by atoms with van der Waals surface area (Å²) in [5.41, 5.74) is 0. The molecule has 17 heavy (non-hydrogen) atoms. The van der Waals surface area contributed by atoms with Crippen molar-refractivity contribution < 1.29 is 4.57 Å². The molecule has 0 saturated carbocycles. The number of hydrogen-bond acceptors (Lipinski definition) is 1. The molecule has 0 aromatic heterocycles. The SMILES string of the molecule is CCCCNP(=O)(N1CC1CC)N1CC1CC. The second-order valence-electron chi connectivity index (χ2n) is 5.17. The summed E-state index contributed by atoms with van der Waals surface area (Å²) in [5, 5.41) is 3.36. The van der Waals surface area contributed by atoms with Crippen molar-refractivity contribution in [1.82, 2.24) is 14.4 Å². The van der Waals surface area contributed by atoms with Gasteiger partial charge in [0.25, 0.3) is 7.59 Å². The highest BCUT2D eigenvalue weighted by Crippen LogP contribution is 2.62. The summed E-state index contributed by atoms with van der Waals surface area (Å²) < 4.78 is 17.5. The maximum atomic E-state index is 13.1. The van der Waals surface area contributed by atoms with Gasteiger partial charge in [-0.2, -0.15) is 0 Å².